The topological polar surface area (TPSA) is 86.6 Å². The molecule has 0 saturated carbocycles. The highest BCUT2D eigenvalue weighted by Crippen LogP contribution is 2.17. The number of aliphatic carboxylic acids is 1. The second-order valence-corrected chi connectivity index (χ2v) is 3.61. The fourth-order valence-electron chi connectivity index (χ4n) is 1.12. The maximum absolute atomic E-state index is 12.8. The van der Waals surface area contributed by atoms with Gasteiger partial charge in [-0.1, -0.05) is 6.92 Å². The summed E-state index contributed by atoms with van der Waals surface area (Å²) in [4.78, 5) is 22.0. The van der Waals surface area contributed by atoms with E-state index in [1.54, 1.807) is 0 Å². The van der Waals surface area contributed by atoms with E-state index in [1.165, 1.54) is 6.92 Å². The summed E-state index contributed by atoms with van der Waals surface area (Å²) < 4.78 is 12.8. The lowest BCUT2D eigenvalue weighted by Gasteiger charge is -2.09. The molecule has 3 N–H and O–H groups in total. The zero-order chi connectivity index (χ0) is 13.0. The molecule has 0 bridgehead atoms. The van der Waals surface area contributed by atoms with Crippen LogP contribution in [0.25, 0.3) is 0 Å². The molecule has 92 valence electrons. The SMILES string of the molecule is CC(CNC(=O)c1cc(F)ccc1O)C(=O)O. The number of phenols is 1. The minimum Gasteiger partial charge on any atom is -0.507 e. The minimum absolute atomic E-state index is 0.0931. The number of carbonyl (C=O) groups is 2. The lowest BCUT2D eigenvalue weighted by molar-refractivity contribution is -0.140. The predicted octanol–water partition coefficient (Wildman–Crippen LogP) is 0.982. The summed E-state index contributed by atoms with van der Waals surface area (Å²) in [6.45, 7) is 1.33. The van der Waals surface area contributed by atoms with Crippen molar-refractivity contribution in [1.82, 2.24) is 5.32 Å². The molecule has 1 unspecified atom stereocenters. The minimum atomic E-state index is -1.05. The number of nitrogens with one attached hydrogen (secondary N) is 1. The Balaban J connectivity index is 2.70. The van der Waals surface area contributed by atoms with Gasteiger partial charge in [0.15, 0.2) is 0 Å². The van der Waals surface area contributed by atoms with E-state index in [0.29, 0.717) is 0 Å². The second-order valence-electron chi connectivity index (χ2n) is 3.61. The van der Waals surface area contributed by atoms with Crippen LogP contribution in [-0.4, -0.2) is 28.6 Å². The maximum atomic E-state index is 12.8. The first-order chi connectivity index (χ1) is 7.91. The van der Waals surface area contributed by atoms with Crippen molar-refractivity contribution in [3.8, 4) is 5.75 Å². The third-order valence-corrected chi connectivity index (χ3v) is 2.19. The molecule has 1 atom stereocenters. The molecule has 0 spiro atoms. The summed E-state index contributed by atoms with van der Waals surface area (Å²) in [7, 11) is 0. The second kappa shape index (κ2) is 5.29. The van der Waals surface area contributed by atoms with Crippen LogP contribution in [0.1, 0.15) is 17.3 Å². The number of rotatable bonds is 4. The molecule has 1 rings (SSSR count). The maximum Gasteiger partial charge on any atom is 0.308 e. The van der Waals surface area contributed by atoms with Crippen LogP contribution in [-0.2, 0) is 4.79 Å². The first-order valence-corrected chi connectivity index (χ1v) is 4.91. The fourth-order valence-corrected chi connectivity index (χ4v) is 1.12. The molecule has 1 aromatic rings. The van der Waals surface area contributed by atoms with Crippen molar-refractivity contribution in [2.45, 2.75) is 6.92 Å². The average molecular weight is 241 g/mol. The first kappa shape index (κ1) is 13.0. The molecule has 0 fully saturated rings. The molecule has 0 heterocycles. The Morgan fingerprint density at radius 3 is 2.71 bits per heavy atom. The molecule has 0 aliphatic rings. The van der Waals surface area contributed by atoms with Crippen LogP contribution in [0.15, 0.2) is 18.2 Å². The van der Waals surface area contributed by atoms with Crippen molar-refractivity contribution in [3.63, 3.8) is 0 Å². The average Bonchev–Trinajstić information content (AvgIpc) is 2.28. The van der Waals surface area contributed by atoms with Crippen molar-refractivity contribution in [2.24, 2.45) is 5.92 Å². The Labute approximate surface area is 96.9 Å². The number of halogens is 1. The molecular formula is C11H12FNO4. The molecular weight excluding hydrogens is 229 g/mol. The molecule has 1 aromatic carbocycles. The van der Waals surface area contributed by atoms with Gasteiger partial charge in [-0.3, -0.25) is 9.59 Å². The Morgan fingerprint density at radius 1 is 1.47 bits per heavy atom. The molecule has 5 nitrogen and oxygen atoms in total. The lowest BCUT2D eigenvalue weighted by atomic mass is 10.1. The van der Waals surface area contributed by atoms with Crippen molar-refractivity contribution < 1.29 is 24.2 Å². The number of hydrogen-bond donors (Lipinski definition) is 3. The Morgan fingerprint density at radius 2 is 2.12 bits per heavy atom. The van der Waals surface area contributed by atoms with Gasteiger partial charge in [-0.15, -0.1) is 0 Å². The van der Waals surface area contributed by atoms with E-state index in [-0.39, 0.29) is 17.9 Å². The normalized spacial score (nSPS) is 11.9. The highest BCUT2D eigenvalue weighted by Gasteiger charge is 2.15. The van der Waals surface area contributed by atoms with Gasteiger partial charge in [0.1, 0.15) is 11.6 Å². The number of benzene rings is 1. The van der Waals surface area contributed by atoms with Crippen molar-refractivity contribution in [2.75, 3.05) is 6.54 Å². The molecule has 17 heavy (non-hydrogen) atoms. The smallest absolute Gasteiger partial charge is 0.308 e. The quantitative estimate of drug-likeness (QED) is 0.733. The molecule has 6 heteroatoms. The molecule has 0 saturated heterocycles. The van der Waals surface area contributed by atoms with E-state index in [4.69, 9.17) is 5.11 Å². The van der Waals surface area contributed by atoms with E-state index in [2.05, 4.69) is 5.32 Å². The third kappa shape index (κ3) is 3.44. The van der Waals surface area contributed by atoms with Crippen LogP contribution in [0.3, 0.4) is 0 Å². The fraction of sp³-hybridized carbons (Fsp3) is 0.273. The highest BCUT2D eigenvalue weighted by atomic mass is 19.1. The Bertz CT molecular complexity index is 447. The van der Waals surface area contributed by atoms with Crippen molar-refractivity contribution in [3.05, 3.63) is 29.6 Å². The Hall–Kier alpha value is -2.11. The van der Waals surface area contributed by atoms with Crippen LogP contribution in [0, 0.1) is 11.7 Å². The molecule has 0 aliphatic carbocycles. The standard InChI is InChI=1S/C11H12FNO4/c1-6(11(16)17)5-13-10(15)8-4-7(12)2-3-9(8)14/h2-4,6,14H,5H2,1H3,(H,13,15)(H,16,17). The van der Waals surface area contributed by atoms with Gasteiger partial charge in [0.05, 0.1) is 11.5 Å². The summed E-state index contributed by atoms with van der Waals surface area (Å²) in [5.74, 6) is -3.52. The third-order valence-electron chi connectivity index (χ3n) is 2.19. The van der Waals surface area contributed by atoms with Crippen molar-refractivity contribution in [1.29, 1.82) is 0 Å². The van der Waals surface area contributed by atoms with Crippen LogP contribution < -0.4 is 5.32 Å². The lowest BCUT2D eigenvalue weighted by Crippen LogP contribution is -2.31. The van der Waals surface area contributed by atoms with Gasteiger partial charge in [-0.25, -0.2) is 4.39 Å². The summed E-state index contributed by atoms with van der Waals surface area (Å²) in [5, 5.41) is 20.2. The summed E-state index contributed by atoms with van der Waals surface area (Å²) in [6.07, 6.45) is 0. The predicted molar refractivity (Wildman–Crippen MR) is 57.2 cm³/mol. The van der Waals surface area contributed by atoms with Crippen LogP contribution in [0.5, 0.6) is 5.75 Å². The molecule has 1 amide bonds. The number of hydrogen-bond acceptors (Lipinski definition) is 3. The van der Waals surface area contributed by atoms with E-state index in [9.17, 15) is 19.1 Å². The Kier molecular flexibility index (Phi) is 4.03. The number of phenolic OH excluding ortho intramolecular Hbond substituents is 1. The number of carbonyl (C=O) groups excluding carboxylic acids is 1. The van der Waals surface area contributed by atoms with Gasteiger partial charge < -0.3 is 15.5 Å². The number of aromatic hydroxyl groups is 1. The zero-order valence-corrected chi connectivity index (χ0v) is 9.11. The van der Waals surface area contributed by atoms with Gasteiger partial charge in [0, 0.05) is 6.54 Å². The van der Waals surface area contributed by atoms with E-state index >= 15 is 0 Å². The summed E-state index contributed by atoms with van der Waals surface area (Å²) in [5.41, 5.74) is -0.220. The number of carboxylic acids is 1. The first-order valence-electron chi connectivity index (χ1n) is 4.91. The van der Waals surface area contributed by atoms with E-state index < -0.39 is 23.6 Å². The van der Waals surface area contributed by atoms with Gasteiger partial charge in [0.25, 0.3) is 5.91 Å². The van der Waals surface area contributed by atoms with Gasteiger partial charge >= 0.3 is 5.97 Å². The summed E-state index contributed by atoms with van der Waals surface area (Å²) in [6, 6.07) is 2.97. The largest absolute Gasteiger partial charge is 0.507 e. The van der Waals surface area contributed by atoms with E-state index in [1.807, 2.05) is 0 Å². The highest BCUT2D eigenvalue weighted by molar-refractivity contribution is 5.96. The van der Waals surface area contributed by atoms with Crippen molar-refractivity contribution >= 4 is 11.9 Å². The zero-order valence-electron chi connectivity index (χ0n) is 9.11. The van der Waals surface area contributed by atoms with Gasteiger partial charge in [-0.2, -0.15) is 0 Å². The number of amides is 1. The van der Waals surface area contributed by atoms with Crippen LogP contribution in [0.2, 0.25) is 0 Å². The van der Waals surface area contributed by atoms with Crippen LogP contribution in [0.4, 0.5) is 4.39 Å². The molecule has 0 aromatic heterocycles. The molecule has 0 aliphatic heterocycles. The van der Waals surface area contributed by atoms with Crippen LogP contribution >= 0.6 is 0 Å². The summed E-state index contributed by atoms with van der Waals surface area (Å²) >= 11 is 0. The van der Waals surface area contributed by atoms with Gasteiger partial charge in [0.2, 0.25) is 0 Å². The van der Waals surface area contributed by atoms with Gasteiger partial charge in [-0.05, 0) is 18.2 Å². The molecule has 0 radical (unpaired) electrons. The monoisotopic (exact) mass is 241 g/mol. The van der Waals surface area contributed by atoms with E-state index in [0.717, 1.165) is 18.2 Å². The number of carboxylic acid groups (broad SMARTS) is 1.